The number of hydrogen-bond donors (Lipinski definition) is 0. The van der Waals surface area contributed by atoms with Crippen LogP contribution in [0.1, 0.15) is 0 Å². The van der Waals surface area contributed by atoms with E-state index in [0.717, 1.165) is 18.7 Å². The highest BCUT2D eigenvalue weighted by atomic mass is 16.5. The van der Waals surface area contributed by atoms with Crippen LogP contribution in [-0.2, 0) is 9.47 Å². The molecule has 7 heteroatoms. The van der Waals surface area contributed by atoms with Gasteiger partial charge >= 0.3 is 6.01 Å². The van der Waals surface area contributed by atoms with Crippen molar-refractivity contribution in [3.05, 3.63) is 30.3 Å². The van der Waals surface area contributed by atoms with Crippen molar-refractivity contribution < 1.29 is 14.2 Å². The Hall–Kier alpha value is -2.25. The Morgan fingerprint density at radius 3 is 2.57 bits per heavy atom. The Balaban J connectivity index is 1.89. The van der Waals surface area contributed by atoms with E-state index < -0.39 is 0 Å². The van der Waals surface area contributed by atoms with Gasteiger partial charge < -0.3 is 19.1 Å². The molecule has 1 fully saturated rings. The molecule has 0 saturated carbocycles. The van der Waals surface area contributed by atoms with Gasteiger partial charge in [-0.2, -0.15) is 15.0 Å². The maximum atomic E-state index is 5.59. The summed E-state index contributed by atoms with van der Waals surface area (Å²) in [6, 6.07) is 10.1. The molecule has 1 aliphatic heterocycles. The highest BCUT2D eigenvalue weighted by molar-refractivity contribution is 5.56. The SMILES string of the molecule is COCCOc1nc(-c2ccccc2)nc(N2CCOCC2)n1. The van der Waals surface area contributed by atoms with Gasteiger partial charge in [-0.05, 0) is 0 Å². The summed E-state index contributed by atoms with van der Waals surface area (Å²) in [4.78, 5) is 15.5. The monoisotopic (exact) mass is 316 g/mol. The van der Waals surface area contributed by atoms with Gasteiger partial charge in [-0.3, -0.25) is 0 Å². The minimum atomic E-state index is 0.317. The minimum Gasteiger partial charge on any atom is -0.461 e. The average molecular weight is 316 g/mol. The standard InChI is InChI=1S/C16H20N4O3/c1-21-11-12-23-16-18-14(13-5-3-2-4-6-13)17-15(19-16)20-7-9-22-10-8-20/h2-6H,7-12H2,1H3. The number of anilines is 1. The third kappa shape index (κ3) is 4.14. The molecule has 122 valence electrons. The van der Waals surface area contributed by atoms with Gasteiger partial charge in [0, 0.05) is 25.8 Å². The number of methoxy groups -OCH3 is 1. The second-order valence-electron chi connectivity index (χ2n) is 5.05. The van der Waals surface area contributed by atoms with Crippen molar-refractivity contribution in [1.29, 1.82) is 0 Å². The van der Waals surface area contributed by atoms with Crippen molar-refractivity contribution in [3.63, 3.8) is 0 Å². The molecule has 0 aliphatic carbocycles. The molecule has 0 spiro atoms. The summed E-state index contributed by atoms with van der Waals surface area (Å²) in [5.74, 6) is 1.23. The number of rotatable bonds is 6. The molecule has 0 atom stereocenters. The van der Waals surface area contributed by atoms with Crippen molar-refractivity contribution in [2.45, 2.75) is 0 Å². The number of morpholine rings is 1. The minimum absolute atomic E-state index is 0.317. The van der Waals surface area contributed by atoms with Crippen LogP contribution in [-0.4, -0.2) is 61.6 Å². The lowest BCUT2D eigenvalue weighted by Gasteiger charge is -2.27. The largest absolute Gasteiger partial charge is 0.461 e. The molecule has 1 aromatic heterocycles. The van der Waals surface area contributed by atoms with Crippen LogP contribution in [0.15, 0.2) is 30.3 Å². The van der Waals surface area contributed by atoms with E-state index in [-0.39, 0.29) is 0 Å². The summed E-state index contributed by atoms with van der Waals surface area (Å²) in [7, 11) is 1.63. The number of ether oxygens (including phenoxy) is 3. The average Bonchev–Trinajstić information content (AvgIpc) is 2.63. The summed E-state index contributed by atoms with van der Waals surface area (Å²) in [6.07, 6.45) is 0. The van der Waals surface area contributed by atoms with Gasteiger partial charge in [-0.1, -0.05) is 30.3 Å². The number of hydrogen-bond acceptors (Lipinski definition) is 7. The topological polar surface area (TPSA) is 69.6 Å². The first-order valence-corrected chi connectivity index (χ1v) is 7.63. The van der Waals surface area contributed by atoms with E-state index in [9.17, 15) is 0 Å². The molecule has 1 saturated heterocycles. The number of benzene rings is 1. The fourth-order valence-corrected chi connectivity index (χ4v) is 2.25. The van der Waals surface area contributed by atoms with Crippen LogP contribution in [0.2, 0.25) is 0 Å². The summed E-state index contributed by atoms with van der Waals surface area (Å²) >= 11 is 0. The predicted octanol–water partition coefficient (Wildman–Crippen LogP) is 1.40. The van der Waals surface area contributed by atoms with Crippen LogP contribution in [0.4, 0.5) is 5.95 Å². The lowest BCUT2D eigenvalue weighted by atomic mass is 10.2. The quantitative estimate of drug-likeness (QED) is 0.746. The van der Waals surface area contributed by atoms with Gasteiger partial charge in [0.1, 0.15) is 6.61 Å². The van der Waals surface area contributed by atoms with Gasteiger partial charge in [0.05, 0.1) is 19.8 Å². The Bertz CT molecular complexity index is 618. The van der Waals surface area contributed by atoms with E-state index in [1.165, 1.54) is 0 Å². The number of aromatic nitrogens is 3. The lowest BCUT2D eigenvalue weighted by molar-refractivity contribution is 0.121. The molecule has 1 aliphatic rings. The zero-order valence-corrected chi connectivity index (χ0v) is 13.1. The van der Waals surface area contributed by atoms with Crippen molar-refractivity contribution >= 4 is 5.95 Å². The zero-order valence-electron chi connectivity index (χ0n) is 13.1. The van der Waals surface area contributed by atoms with E-state index in [2.05, 4.69) is 19.9 Å². The molecule has 0 unspecified atom stereocenters. The van der Waals surface area contributed by atoms with Crippen LogP contribution >= 0.6 is 0 Å². The lowest BCUT2D eigenvalue weighted by Crippen LogP contribution is -2.37. The van der Waals surface area contributed by atoms with Crippen LogP contribution in [0, 0.1) is 0 Å². The molecule has 7 nitrogen and oxygen atoms in total. The third-order valence-corrected chi connectivity index (χ3v) is 3.45. The van der Waals surface area contributed by atoms with Crippen molar-refractivity contribution in [2.75, 3.05) is 51.5 Å². The van der Waals surface area contributed by atoms with Crippen molar-refractivity contribution in [1.82, 2.24) is 15.0 Å². The third-order valence-electron chi connectivity index (χ3n) is 3.45. The summed E-state index contributed by atoms with van der Waals surface area (Å²) in [5.41, 5.74) is 0.931. The molecule has 23 heavy (non-hydrogen) atoms. The maximum Gasteiger partial charge on any atom is 0.321 e. The molecule has 0 amide bonds. The van der Waals surface area contributed by atoms with Gasteiger partial charge in [0.15, 0.2) is 5.82 Å². The molecule has 2 aromatic rings. The smallest absolute Gasteiger partial charge is 0.321 e. The van der Waals surface area contributed by atoms with Crippen LogP contribution in [0.3, 0.4) is 0 Å². The van der Waals surface area contributed by atoms with Gasteiger partial charge in [-0.15, -0.1) is 0 Å². The molecule has 0 N–H and O–H groups in total. The first-order valence-electron chi connectivity index (χ1n) is 7.63. The van der Waals surface area contributed by atoms with Crippen LogP contribution in [0.25, 0.3) is 11.4 Å². The molecule has 3 rings (SSSR count). The zero-order chi connectivity index (χ0) is 15.9. The highest BCUT2D eigenvalue weighted by Gasteiger charge is 2.17. The van der Waals surface area contributed by atoms with Crippen LogP contribution < -0.4 is 9.64 Å². The fraction of sp³-hybridized carbons (Fsp3) is 0.438. The molecule has 0 bridgehead atoms. The van der Waals surface area contributed by atoms with E-state index in [0.29, 0.717) is 44.2 Å². The predicted molar refractivity (Wildman–Crippen MR) is 85.7 cm³/mol. The second kappa shape index (κ2) is 7.85. The van der Waals surface area contributed by atoms with Crippen LogP contribution in [0.5, 0.6) is 6.01 Å². The first-order chi connectivity index (χ1) is 11.4. The van der Waals surface area contributed by atoms with E-state index in [1.54, 1.807) is 7.11 Å². The van der Waals surface area contributed by atoms with E-state index in [4.69, 9.17) is 14.2 Å². The van der Waals surface area contributed by atoms with Crippen molar-refractivity contribution in [3.8, 4) is 17.4 Å². The summed E-state index contributed by atoms with van der Waals surface area (Å²) < 4.78 is 16.0. The fourth-order valence-electron chi connectivity index (χ4n) is 2.25. The molecular formula is C16H20N4O3. The molecular weight excluding hydrogens is 296 g/mol. The second-order valence-corrected chi connectivity index (χ2v) is 5.05. The van der Waals surface area contributed by atoms with Gasteiger partial charge in [0.25, 0.3) is 0 Å². The normalized spacial score (nSPS) is 14.7. The Labute approximate surface area is 135 Å². The molecule has 2 heterocycles. The molecule has 0 radical (unpaired) electrons. The van der Waals surface area contributed by atoms with Gasteiger partial charge in [0.2, 0.25) is 5.95 Å². The Morgan fingerprint density at radius 2 is 1.83 bits per heavy atom. The van der Waals surface area contributed by atoms with E-state index >= 15 is 0 Å². The first kappa shape index (κ1) is 15.6. The maximum absolute atomic E-state index is 5.59. The van der Waals surface area contributed by atoms with E-state index in [1.807, 2.05) is 30.3 Å². The Morgan fingerprint density at radius 1 is 1.04 bits per heavy atom. The summed E-state index contributed by atoms with van der Waals surface area (Å²) in [6.45, 7) is 3.75. The molecule has 1 aromatic carbocycles. The summed E-state index contributed by atoms with van der Waals surface area (Å²) in [5, 5.41) is 0. The Kier molecular flexibility index (Phi) is 5.33. The highest BCUT2D eigenvalue weighted by Crippen LogP contribution is 2.21. The number of nitrogens with zero attached hydrogens (tertiary/aromatic N) is 4. The van der Waals surface area contributed by atoms with Gasteiger partial charge in [-0.25, -0.2) is 0 Å². The van der Waals surface area contributed by atoms with Crippen molar-refractivity contribution in [2.24, 2.45) is 0 Å².